The third-order valence-electron chi connectivity index (χ3n) is 4.65. The molecule has 1 aromatic rings. The van der Waals surface area contributed by atoms with Crippen LogP contribution < -0.4 is 5.73 Å². The van der Waals surface area contributed by atoms with Gasteiger partial charge in [-0.15, -0.1) is 0 Å². The minimum atomic E-state index is -0.276. The Hall–Kier alpha value is -1.36. The monoisotopic (exact) mass is 277 g/mol. The van der Waals surface area contributed by atoms with E-state index in [1.165, 1.54) is 0 Å². The van der Waals surface area contributed by atoms with Crippen molar-refractivity contribution in [2.24, 2.45) is 5.73 Å². The summed E-state index contributed by atoms with van der Waals surface area (Å²) >= 11 is 0. The fourth-order valence-corrected chi connectivity index (χ4v) is 3.56. The van der Waals surface area contributed by atoms with E-state index in [0.29, 0.717) is 6.42 Å². The highest BCUT2D eigenvalue weighted by Crippen LogP contribution is 2.36. The Balaban J connectivity index is 1.70. The molecule has 2 N–H and O–H groups in total. The summed E-state index contributed by atoms with van der Waals surface area (Å²) in [5, 5.41) is 3.93. The summed E-state index contributed by atoms with van der Waals surface area (Å²) < 4.78 is 5.35. The summed E-state index contributed by atoms with van der Waals surface area (Å²) in [4.78, 5) is 14.5. The molecular formula is C15H23N3O2. The van der Waals surface area contributed by atoms with E-state index < -0.39 is 0 Å². The van der Waals surface area contributed by atoms with E-state index in [9.17, 15) is 4.79 Å². The maximum Gasteiger partial charge on any atom is 0.225 e. The molecule has 5 heteroatoms. The number of carbonyl (C=O) groups is 1. The zero-order valence-electron chi connectivity index (χ0n) is 12.1. The van der Waals surface area contributed by atoms with Crippen molar-refractivity contribution in [2.75, 3.05) is 6.54 Å². The molecule has 2 fully saturated rings. The van der Waals surface area contributed by atoms with Crippen molar-refractivity contribution >= 4 is 5.91 Å². The van der Waals surface area contributed by atoms with Crippen LogP contribution in [0.15, 0.2) is 10.6 Å². The van der Waals surface area contributed by atoms with Gasteiger partial charge in [0.2, 0.25) is 5.91 Å². The average molecular weight is 277 g/mol. The van der Waals surface area contributed by atoms with E-state index in [0.717, 1.165) is 56.5 Å². The molecule has 3 rings (SSSR count). The van der Waals surface area contributed by atoms with Gasteiger partial charge in [-0.05, 0) is 32.6 Å². The largest absolute Gasteiger partial charge is 0.359 e. The predicted molar refractivity (Wildman–Crippen MR) is 74.9 cm³/mol. The first-order valence-corrected chi connectivity index (χ1v) is 7.59. The van der Waals surface area contributed by atoms with E-state index in [4.69, 9.17) is 10.3 Å². The Labute approximate surface area is 119 Å². The Morgan fingerprint density at radius 3 is 2.90 bits per heavy atom. The molecular weight excluding hydrogens is 254 g/mol. The molecule has 0 bridgehead atoms. The van der Waals surface area contributed by atoms with Gasteiger partial charge in [0.25, 0.3) is 0 Å². The third kappa shape index (κ3) is 2.59. The number of likely N-dealkylation sites (tertiary alicyclic amines) is 1. The fourth-order valence-electron chi connectivity index (χ4n) is 3.56. The molecule has 0 aromatic carbocycles. The molecule has 1 aliphatic carbocycles. The van der Waals surface area contributed by atoms with Crippen molar-refractivity contribution in [1.29, 1.82) is 0 Å². The first-order chi connectivity index (χ1) is 9.57. The molecule has 1 amide bonds. The minimum Gasteiger partial charge on any atom is -0.359 e. The van der Waals surface area contributed by atoms with Gasteiger partial charge in [-0.1, -0.05) is 18.0 Å². The maximum atomic E-state index is 12.6. The Morgan fingerprint density at radius 1 is 1.50 bits per heavy atom. The number of rotatable bonds is 3. The lowest BCUT2D eigenvalue weighted by Gasteiger charge is -2.28. The second kappa shape index (κ2) is 5.20. The van der Waals surface area contributed by atoms with E-state index >= 15 is 0 Å². The standard InChI is InChI=1S/C15H23N3O2/c1-11-9-13(20-17-11)12-5-4-8-18(12)14(19)10-15(16)6-2-3-7-15/h9,12H,2-8,10,16H2,1H3. The SMILES string of the molecule is Cc1cc(C2CCCN2C(=O)CC2(N)CCCC2)on1. The first-order valence-electron chi connectivity index (χ1n) is 7.59. The highest BCUT2D eigenvalue weighted by atomic mass is 16.5. The molecule has 5 nitrogen and oxygen atoms in total. The summed E-state index contributed by atoms with van der Waals surface area (Å²) in [7, 11) is 0. The summed E-state index contributed by atoms with van der Waals surface area (Å²) in [6.07, 6.45) is 6.68. The van der Waals surface area contributed by atoms with Gasteiger partial charge in [-0.25, -0.2) is 0 Å². The zero-order chi connectivity index (χ0) is 14.2. The number of aromatic nitrogens is 1. The number of carbonyl (C=O) groups excluding carboxylic acids is 1. The normalized spacial score (nSPS) is 25.3. The van der Waals surface area contributed by atoms with E-state index in [2.05, 4.69) is 5.16 Å². The molecule has 1 atom stereocenters. The van der Waals surface area contributed by atoms with Gasteiger partial charge in [-0.3, -0.25) is 4.79 Å². The van der Waals surface area contributed by atoms with Crippen molar-refractivity contribution in [1.82, 2.24) is 10.1 Å². The fraction of sp³-hybridized carbons (Fsp3) is 0.733. The lowest BCUT2D eigenvalue weighted by molar-refractivity contribution is -0.133. The number of aryl methyl sites for hydroxylation is 1. The van der Waals surface area contributed by atoms with Crippen molar-refractivity contribution in [2.45, 2.75) is 63.5 Å². The summed E-state index contributed by atoms with van der Waals surface area (Å²) in [5.74, 6) is 0.983. The molecule has 0 spiro atoms. The second-order valence-electron chi connectivity index (χ2n) is 6.36. The Bertz CT molecular complexity index is 491. The average Bonchev–Trinajstić information content (AvgIpc) is 3.08. The van der Waals surface area contributed by atoms with Gasteiger partial charge in [0.05, 0.1) is 11.7 Å². The molecule has 110 valence electrons. The number of amides is 1. The number of nitrogens with zero attached hydrogens (tertiary/aromatic N) is 2. The van der Waals surface area contributed by atoms with Crippen molar-refractivity contribution in [3.05, 3.63) is 17.5 Å². The molecule has 1 aromatic heterocycles. The second-order valence-corrected chi connectivity index (χ2v) is 6.36. The number of nitrogens with two attached hydrogens (primary N) is 1. The highest BCUT2D eigenvalue weighted by molar-refractivity contribution is 5.78. The van der Waals surface area contributed by atoms with Crippen LogP contribution in [0.25, 0.3) is 0 Å². The van der Waals surface area contributed by atoms with Gasteiger partial charge in [0.15, 0.2) is 5.76 Å². The zero-order valence-corrected chi connectivity index (χ0v) is 12.1. The molecule has 1 saturated heterocycles. The number of hydrogen-bond acceptors (Lipinski definition) is 4. The summed E-state index contributed by atoms with van der Waals surface area (Å²) in [6, 6.07) is 1.98. The molecule has 2 aliphatic rings. The Morgan fingerprint density at radius 2 is 2.25 bits per heavy atom. The quantitative estimate of drug-likeness (QED) is 0.920. The van der Waals surface area contributed by atoms with Crippen LogP contribution in [0.3, 0.4) is 0 Å². The maximum absolute atomic E-state index is 12.6. The molecule has 0 radical (unpaired) electrons. The Kier molecular flexibility index (Phi) is 3.54. The van der Waals surface area contributed by atoms with Crippen LogP contribution in [0.2, 0.25) is 0 Å². The van der Waals surface area contributed by atoms with Crippen LogP contribution in [0.4, 0.5) is 0 Å². The van der Waals surface area contributed by atoms with Crippen LogP contribution in [0, 0.1) is 6.92 Å². The van der Waals surface area contributed by atoms with E-state index in [1.54, 1.807) is 0 Å². The molecule has 1 aliphatic heterocycles. The van der Waals surface area contributed by atoms with Crippen LogP contribution in [-0.4, -0.2) is 28.0 Å². The topological polar surface area (TPSA) is 72.4 Å². The minimum absolute atomic E-state index is 0.0497. The number of hydrogen-bond donors (Lipinski definition) is 1. The summed E-state index contributed by atoms with van der Waals surface area (Å²) in [5.41, 5.74) is 6.92. The molecule has 20 heavy (non-hydrogen) atoms. The van der Waals surface area contributed by atoms with Gasteiger partial charge in [-0.2, -0.15) is 0 Å². The van der Waals surface area contributed by atoms with Crippen LogP contribution in [0.5, 0.6) is 0 Å². The smallest absolute Gasteiger partial charge is 0.225 e. The lowest BCUT2D eigenvalue weighted by Crippen LogP contribution is -2.43. The molecule has 1 saturated carbocycles. The lowest BCUT2D eigenvalue weighted by atomic mass is 9.94. The van der Waals surface area contributed by atoms with Crippen LogP contribution in [0.1, 0.15) is 62.4 Å². The summed E-state index contributed by atoms with van der Waals surface area (Å²) in [6.45, 7) is 2.71. The molecule has 1 unspecified atom stereocenters. The van der Waals surface area contributed by atoms with Crippen molar-refractivity contribution in [3.8, 4) is 0 Å². The third-order valence-corrected chi connectivity index (χ3v) is 4.65. The highest BCUT2D eigenvalue weighted by Gasteiger charge is 2.38. The van der Waals surface area contributed by atoms with Gasteiger partial charge in [0.1, 0.15) is 0 Å². The van der Waals surface area contributed by atoms with E-state index in [-0.39, 0.29) is 17.5 Å². The van der Waals surface area contributed by atoms with E-state index in [1.807, 2.05) is 17.9 Å². The van der Waals surface area contributed by atoms with Crippen molar-refractivity contribution < 1.29 is 9.32 Å². The van der Waals surface area contributed by atoms with Gasteiger partial charge in [0, 0.05) is 24.6 Å². The predicted octanol–water partition coefficient (Wildman–Crippen LogP) is 2.31. The van der Waals surface area contributed by atoms with Crippen LogP contribution in [-0.2, 0) is 4.79 Å². The van der Waals surface area contributed by atoms with Crippen molar-refractivity contribution in [3.63, 3.8) is 0 Å². The van der Waals surface area contributed by atoms with Gasteiger partial charge >= 0.3 is 0 Å². The van der Waals surface area contributed by atoms with Crippen LogP contribution >= 0.6 is 0 Å². The van der Waals surface area contributed by atoms with Gasteiger partial charge < -0.3 is 15.2 Å². The molecule has 2 heterocycles. The first kappa shape index (κ1) is 13.6.